The lowest BCUT2D eigenvalue weighted by Gasteiger charge is -2.28. The minimum absolute atomic E-state index is 0.0138. The zero-order valence-electron chi connectivity index (χ0n) is 26.9. The molecular weight excluding hydrogens is 714 g/mol. The minimum atomic E-state index is -5.65. The van der Waals surface area contributed by atoms with Gasteiger partial charge >= 0.3 is 15.2 Å². The molecule has 0 radical (unpaired) electrons. The number of aromatic nitrogens is 1. The van der Waals surface area contributed by atoms with Crippen molar-refractivity contribution >= 4 is 37.9 Å². The summed E-state index contributed by atoms with van der Waals surface area (Å²) in [5.74, 6) is -1.47. The molecule has 274 valence electrons. The summed E-state index contributed by atoms with van der Waals surface area (Å²) in [6.45, 7) is 0.277. The molecule has 51 heavy (non-hydrogen) atoms. The molecular formula is C32H37N2O15P2+. The molecule has 0 aliphatic carbocycles. The maximum absolute atomic E-state index is 12.5. The number of aromatic hydroxyl groups is 2. The number of phenolic OH excluding ortho intramolecular Hbond substituents is 2. The average molecular weight is 752 g/mol. The zero-order valence-corrected chi connectivity index (χ0v) is 28.7. The highest BCUT2D eigenvalue weighted by Gasteiger charge is 2.59. The number of carbonyl (C=O) groups is 2. The van der Waals surface area contributed by atoms with Crippen molar-refractivity contribution in [3.63, 3.8) is 0 Å². The molecule has 1 unspecified atom stereocenters. The van der Waals surface area contributed by atoms with Crippen molar-refractivity contribution in [2.45, 2.75) is 43.4 Å². The normalized spacial score (nSPS) is 12.9. The van der Waals surface area contributed by atoms with E-state index in [2.05, 4.69) is 5.32 Å². The van der Waals surface area contributed by atoms with Crippen LogP contribution in [0.1, 0.15) is 35.2 Å². The number of hydrogen-bond acceptors (Lipinski definition) is 11. The number of amides is 1. The number of phenols is 2. The molecule has 4 rings (SSSR count). The largest absolute Gasteiger partial charge is 0.504 e. The number of pyridine rings is 1. The van der Waals surface area contributed by atoms with E-state index in [0.717, 1.165) is 0 Å². The Labute approximate surface area is 289 Å². The van der Waals surface area contributed by atoms with Gasteiger partial charge in [0, 0.05) is 54.6 Å². The Kier molecular flexibility index (Phi) is 12.7. The molecule has 4 aromatic rings. The van der Waals surface area contributed by atoms with E-state index in [4.69, 9.17) is 9.15 Å². The summed E-state index contributed by atoms with van der Waals surface area (Å²) in [7, 11) is -11.3. The molecule has 1 atom stereocenters. The summed E-state index contributed by atoms with van der Waals surface area (Å²) in [5, 5.41) is 39.5. The molecule has 2 aromatic carbocycles. The molecule has 0 saturated heterocycles. The minimum Gasteiger partial charge on any atom is -0.504 e. The lowest BCUT2D eigenvalue weighted by atomic mass is 10.1. The summed E-state index contributed by atoms with van der Waals surface area (Å²) in [6.07, 6.45) is 0.808. The van der Waals surface area contributed by atoms with E-state index in [1.807, 2.05) is 0 Å². The predicted octanol–water partition coefficient (Wildman–Crippen LogP) is 1.25. The summed E-state index contributed by atoms with van der Waals surface area (Å²) < 4.78 is 35.7. The van der Waals surface area contributed by atoms with Crippen molar-refractivity contribution < 1.29 is 72.4 Å². The van der Waals surface area contributed by atoms with Crippen molar-refractivity contribution in [1.82, 2.24) is 5.32 Å². The molecule has 0 saturated carbocycles. The standard InChI is InChI=1S/C32H36N2O15P2/c35-23(7-8-24(36)19-34-13-1-2-20(18-34)17-32(41,50(42,43)44)51(45,46)47)11-14-48-15-12-33-31(40)22-5-3-21(4-6-22)28-16-27(38)25-9-10-26(37)29(39)30(25)49-28/h1-6,9-10,13,16,18,24,36,41H,7-8,11-12,14-15,17,19H2,(H6-,33,37,38,39,40,42,43,44,45,46,47)/p+1. The first kappa shape index (κ1) is 39.5. The van der Waals surface area contributed by atoms with Crippen LogP contribution < -0.4 is 15.3 Å². The van der Waals surface area contributed by atoms with Crippen molar-refractivity contribution in [3.8, 4) is 22.8 Å². The third-order valence-corrected chi connectivity index (χ3v) is 11.6. The van der Waals surface area contributed by atoms with Gasteiger partial charge in [0.15, 0.2) is 35.7 Å². The number of aliphatic hydroxyl groups excluding tert-OH is 1. The van der Waals surface area contributed by atoms with Crippen molar-refractivity contribution in [2.75, 3.05) is 19.8 Å². The van der Waals surface area contributed by atoms with E-state index < -0.39 is 55.6 Å². The maximum atomic E-state index is 12.5. The molecule has 1 amide bonds. The van der Waals surface area contributed by atoms with E-state index in [-0.39, 0.29) is 73.6 Å². The van der Waals surface area contributed by atoms with Gasteiger partial charge in [0.05, 0.1) is 18.6 Å². The third kappa shape index (κ3) is 9.95. The van der Waals surface area contributed by atoms with Crippen LogP contribution in [0.25, 0.3) is 22.3 Å². The van der Waals surface area contributed by atoms with Crippen LogP contribution in [0.15, 0.2) is 76.2 Å². The fourth-order valence-corrected chi connectivity index (χ4v) is 7.12. The smallest absolute Gasteiger partial charge is 0.369 e. The highest BCUT2D eigenvalue weighted by atomic mass is 31.2. The summed E-state index contributed by atoms with van der Waals surface area (Å²) in [6, 6.07) is 12.6. The lowest BCUT2D eigenvalue weighted by molar-refractivity contribution is -0.704. The van der Waals surface area contributed by atoms with Gasteiger partial charge in [0.2, 0.25) is 5.75 Å². The Morgan fingerprint density at radius 2 is 1.65 bits per heavy atom. The number of fused-ring (bicyclic) bond motifs is 1. The Morgan fingerprint density at radius 1 is 0.961 bits per heavy atom. The van der Waals surface area contributed by atoms with Gasteiger partial charge in [-0.25, -0.2) is 4.57 Å². The number of Topliss-reactive ketones (excluding diaryl/α,β-unsaturated/α-hetero) is 1. The molecule has 19 heteroatoms. The Morgan fingerprint density at radius 3 is 2.31 bits per heavy atom. The number of benzene rings is 2. The second-order valence-electron chi connectivity index (χ2n) is 11.7. The second kappa shape index (κ2) is 16.4. The summed E-state index contributed by atoms with van der Waals surface area (Å²) in [5.41, 5.74) is 0.165. The van der Waals surface area contributed by atoms with Gasteiger partial charge in [-0.2, -0.15) is 0 Å². The van der Waals surface area contributed by atoms with Gasteiger partial charge < -0.3 is 54.5 Å². The van der Waals surface area contributed by atoms with Gasteiger partial charge in [-0.1, -0.05) is 12.1 Å². The molecule has 2 aromatic heterocycles. The van der Waals surface area contributed by atoms with Crippen molar-refractivity contribution in [2.24, 2.45) is 0 Å². The lowest BCUT2D eigenvalue weighted by Crippen LogP contribution is -2.40. The quantitative estimate of drug-likeness (QED) is 0.0318. The fraction of sp³-hybridized carbons (Fsp3) is 0.312. The van der Waals surface area contributed by atoms with Crippen LogP contribution in [0, 0.1) is 0 Å². The van der Waals surface area contributed by atoms with Crippen LogP contribution in [-0.2, 0) is 31.6 Å². The molecule has 9 N–H and O–H groups in total. The maximum Gasteiger partial charge on any atom is 0.369 e. The summed E-state index contributed by atoms with van der Waals surface area (Å²) in [4.78, 5) is 74.7. The number of hydrogen-bond donors (Lipinski definition) is 9. The van der Waals surface area contributed by atoms with E-state index in [1.54, 1.807) is 12.1 Å². The van der Waals surface area contributed by atoms with E-state index in [0.29, 0.717) is 11.1 Å². The number of ether oxygens (including phenoxy) is 1. The number of carbonyl (C=O) groups excluding carboxylic acids is 2. The van der Waals surface area contributed by atoms with Gasteiger partial charge in [-0.15, -0.1) is 0 Å². The van der Waals surface area contributed by atoms with Crippen LogP contribution in [0.4, 0.5) is 0 Å². The highest BCUT2D eigenvalue weighted by molar-refractivity contribution is 7.72. The molecule has 2 heterocycles. The van der Waals surface area contributed by atoms with Crippen LogP contribution in [-0.4, -0.2) is 82.6 Å². The molecule has 0 bridgehead atoms. The monoisotopic (exact) mass is 751 g/mol. The number of rotatable bonds is 17. The van der Waals surface area contributed by atoms with Crippen LogP contribution in [0.3, 0.4) is 0 Å². The first-order valence-corrected chi connectivity index (χ1v) is 18.6. The van der Waals surface area contributed by atoms with E-state index in [1.165, 1.54) is 59.4 Å². The predicted molar refractivity (Wildman–Crippen MR) is 179 cm³/mol. The second-order valence-corrected chi connectivity index (χ2v) is 15.7. The van der Waals surface area contributed by atoms with Gasteiger partial charge in [0.1, 0.15) is 17.6 Å². The van der Waals surface area contributed by atoms with Crippen LogP contribution >= 0.6 is 15.2 Å². The first-order chi connectivity index (χ1) is 23.9. The Hall–Kier alpha value is -4.28. The van der Waals surface area contributed by atoms with E-state index in [9.17, 15) is 63.5 Å². The molecule has 0 aliphatic rings. The first-order valence-electron chi connectivity index (χ1n) is 15.4. The van der Waals surface area contributed by atoms with Crippen molar-refractivity contribution in [3.05, 3.63) is 88.3 Å². The Bertz CT molecular complexity index is 2020. The molecule has 0 aliphatic heterocycles. The molecule has 17 nitrogen and oxygen atoms in total. The number of nitrogens with one attached hydrogen (secondary N) is 1. The number of nitrogens with zero attached hydrogens (tertiary/aromatic N) is 1. The van der Waals surface area contributed by atoms with Gasteiger partial charge in [-0.05, 0) is 36.8 Å². The Balaban J connectivity index is 1.16. The van der Waals surface area contributed by atoms with Gasteiger partial charge in [-0.3, -0.25) is 23.5 Å². The topological polar surface area (TPSA) is 285 Å². The van der Waals surface area contributed by atoms with Crippen LogP contribution in [0.5, 0.6) is 11.5 Å². The van der Waals surface area contributed by atoms with Crippen LogP contribution in [0.2, 0.25) is 0 Å². The number of aliphatic hydroxyl groups is 2. The average Bonchev–Trinajstić information content (AvgIpc) is 3.06. The van der Waals surface area contributed by atoms with E-state index >= 15 is 0 Å². The fourth-order valence-electron chi connectivity index (χ4n) is 4.98. The van der Waals surface area contributed by atoms with Gasteiger partial charge in [0.25, 0.3) is 11.0 Å². The molecule has 0 spiro atoms. The third-order valence-electron chi connectivity index (χ3n) is 7.81. The SMILES string of the molecule is O=C(CCOCCNC(=O)c1ccc(-c2cc(=O)c3ccc(O)c(O)c3o2)cc1)CCC(O)C[n+]1cccc(CC(O)(P(=O)(O)O)P(=O)(O)O)c1. The number of ketones is 1. The zero-order chi connectivity index (χ0) is 37.6. The molecule has 0 fully saturated rings. The highest BCUT2D eigenvalue weighted by Crippen LogP contribution is 2.68. The summed E-state index contributed by atoms with van der Waals surface area (Å²) >= 11 is 0. The van der Waals surface area contributed by atoms with Crippen molar-refractivity contribution in [1.29, 1.82) is 0 Å².